The van der Waals surface area contributed by atoms with Crippen LogP contribution in [0.3, 0.4) is 0 Å². The van der Waals surface area contributed by atoms with Crippen LogP contribution in [0.2, 0.25) is 0 Å². The summed E-state index contributed by atoms with van der Waals surface area (Å²) < 4.78 is 11.3. The number of hydrogen-bond acceptors (Lipinski definition) is 4. The Kier molecular flexibility index (Phi) is 6.22. The van der Waals surface area contributed by atoms with Gasteiger partial charge in [0.15, 0.2) is 0 Å². The van der Waals surface area contributed by atoms with Gasteiger partial charge in [-0.25, -0.2) is 0 Å². The minimum absolute atomic E-state index is 0.173. The minimum atomic E-state index is 0.173. The van der Waals surface area contributed by atoms with E-state index in [0.29, 0.717) is 19.8 Å². The molecule has 22 heavy (non-hydrogen) atoms. The average molecular weight is 300 g/mol. The molecule has 1 aromatic carbocycles. The summed E-state index contributed by atoms with van der Waals surface area (Å²) in [5.74, 6) is 1.84. The van der Waals surface area contributed by atoms with Crippen LogP contribution in [0.5, 0.6) is 11.5 Å². The molecule has 2 aromatic rings. The predicted molar refractivity (Wildman–Crippen MR) is 88.5 cm³/mol. The van der Waals surface area contributed by atoms with E-state index in [9.17, 15) is 0 Å². The van der Waals surface area contributed by atoms with E-state index < -0.39 is 0 Å². The molecule has 0 saturated carbocycles. The summed E-state index contributed by atoms with van der Waals surface area (Å²) in [5.41, 5.74) is 8.15. The molecule has 0 radical (unpaired) electrons. The average Bonchev–Trinajstić information content (AvgIpc) is 2.55. The van der Waals surface area contributed by atoms with Crippen LogP contribution in [0.1, 0.15) is 31.0 Å². The highest BCUT2D eigenvalue weighted by Gasteiger charge is 2.17. The van der Waals surface area contributed by atoms with E-state index in [1.807, 2.05) is 50.4 Å². The highest BCUT2D eigenvalue weighted by molar-refractivity contribution is 5.43. The highest BCUT2D eigenvalue weighted by atomic mass is 16.5. The van der Waals surface area contributed by atoms with Crippen molar-refractivity contribution >= 4 is 0 Å². The van der Waals surface area contributed by atoms with E-state index in [0.717, 1.165) is 29.2 Å². The Morgan fingerprint density at radius 3 is 2.55 bits per heavy atom. The lowest BCUT2D eigenvalue weighted by Crippen LogP contribution is -2.17. The second kappa shape index (κ2) is 8.39. The summed E-state index contributed by atoms with van der Waals surface area (Å²) in [6.07, 6.45) is 2.61. The van der Waals surface area contributed by atoms with Crippen LogP contribution < -0.4 is 15.2 Å². The molecule has 4 nitrogen and oxygen atoms in total. The zero-order valence-corrected chi connectivity index (χ0v) is 13.3. The van der Waals surface area contributed by atoms with Crippen molar-refractivity contribution < 1.29 is 9.47 Å². The Morgan fingerprint density at radius 1 is 1.09 bits per heavy atom. The van der Waals surface area contributed by atoms with Gasteiger partial charge in [0.1, 0.15) is 11.5 Å². The molecular weight excluding hydrogens is 276 g/mol. The van der Waals surface area contributed by atoms with Gasteiger partial charge in [-0.2, -0.15) is 0 Å². The van der Waals surface area contributed by atoms with Crippen molar-refractivity contribution in [3.05, 3.63) is 53.9 Å². The fourth-order valence-corrected chi connectivity index (χ4v) is 2.48. The maximum atomic E-state index is 6.00. The standard InChI is InChI=1S/C18H24N2O2/c1-3-21-16-8-9-17(18(12-16)22-4-2)14(13-19)11-15-7-5-6-10-20-15/h5-10,12,14H,3-4,11,13,19H2,1-2H3. The van der Waals surface area contributed by atoms with Gasteiger partial charge >= 0.3 is 0 Å². The van der Waals surface area contributed by atoms with Crippen molar-refractivity contribution in [3.8, 4) is 11.5 Å². The summed E-state index contributed by atoms with van der Waals surface area (Å²) in [4.78, 5) is 4.39. The molecule has 1 heterocycles. The molecule has 1 atom stereocenters. The first-order valence-electron chi connectivity index (χ1n) is 7.78. The van der Waals surface area contributed by atoms with Gasteiger partial charge in [-0.05, 0) is 50.6 Å². The molecule has 1 aromatic heterocycles. The molecule has 0 fully saturated rings. The van der Waals surface area contributed by atoms with Gasteiger partial charge in [0.05, 0.1) is 13.2 Å². The summed E-state index contributed by atoms with van der Waals surface area (Å²) >= 11 is 0. The number of aromatic nitrogens is 1. The fourth-order valence-electron chi connectivity index (χ4n) is 2.48. The number of benzene rings is 1. The van der Waals surface area contributed by atoms with E-state index >= 15 is 0 Å². The van der Waals surface area contributed by atoms with Crippen LogP contribution in [0.25, 0.3) is 0 Å². The van der Waals surface area contributed by atoms with Crippen LogP contribution in [0.15, 0.2) is 42.6 Å². The quantitative estimate of drug-likeness (QED) is 0.813. The number of ether oxygens (including phenoxy) is 2. The van der Waals surface area contributed by atoms with E-state index in [-0.39, 0.29) is 5.92 Å². The summed E-state index contributed by atoms with van der Waals surface area (Å²) in [6.45, 7) is 5.75. The van der Waals surface area contributed by atoms with Crippen LogP contribution in [0, 0.1) is 0 Å². The molecule has 0 bridgehead atoms. The van der Waals surface area contributed by atoms with Crippen LogP contribution in [-0.4, -0.2) is 24.7 Å². The monoisotopic (exact) mass is 300 g/mol. The van der Waals surface area contributed by atoms with Crippen molar-refractivity contribution in [2.45, 2.75) is 26.2 Å². The van der Waals surface area contributed by atoms with Crippen molar-refractivity contribution in [1.29, 1.82) is 0 Å². The highest BCUT2D eigenvalue weighted by Crippen LogP contribution is 2.32. The maximum Gasteiger partial charge on any atom is 0.126 e. The van der Waals surface area contributed by atoms with Crippen LogP contribution in [0.4, 0.5) is 0 Å². The van der Waals surface area contributed by atoms with Crippen molar-refractivity contribution in [1.82, 2.24) is 4.98 Å². The second-order valence-corrected chi connectivity index (χ2v) is 5.02. The molecule has 2 N–H and O–H groups in total. The molecule has 0 aliphatic heterocycles. The van der Waals surface area contributed by atoms with Gasteiger partial charge in [0.2, 0.25) is 0 Å². The number of nitrogens with two attached hydrogens (primary N) is 1. The normalized spacial score (nSPS) is 12.0. The van der Waals surface area contributed by atoms with Crippen molar-refractivity contribution in [3.63, 3.8) is 0 Å². The molecule has 4 heteroatoms. The number of rotatable bonds is 8. The zero-order chi connectivity index (χ0) is 15.8. The Labute approximate surface area is 132 Å². The van der Waals surface area contributed by atoms with Gasteiger partial charge in [-0.15, -0.1) is 0 Å². The maximum absolute atomic E-state index is 6.00. The van der Waals surface area contributed by atoms with E-state index in [4.69, 9.17) is 15.2 Å². The molecule has 1 unspecified atom stereocenters. The molecule has 2 rings (SSSR count). The van der Waals surface area contributed by atoms with Crippen molar-refractivity contribution in [2.24, 2.45) is 5.73 Å². The first kappa shape index (κ1) is 16.3. The van der Waals surface area contributed by atoms with Crippen molar-refractivity contribution in [2.75, 3.05) is 19.8 Å². The summed E-state index contributed by atoms with van der Waals surface area (Å²) in [5, 5.41) is 0. The summed E-state index contributed by atoms with van der Waals surface area (Å²) in [7, 11) is 0. The molecule has 0 aliphatic rings. The molecular formula is C18H24N2O2. The largest absolute Gasteiger partial charge is 0.494 e. The fraction of sp³-hybridized carbons (Fsp3) is 0.389. The predicted octanol–water partition coefficient (Wildman–Crippen LogP) is 3.16. The third-order valence-electron chi connectivity index (χ3n) is 3.50. The number of pyridine rings is 1. The number of nitrogens with zero attached hydrogens (tertiary/aromatic N) is 1. The lowest BCUT2D eigenvalue weighted by Gasteiger charge is -2.19. The van der Waals surface area contributed by atoms with E-state index in [1.54, 1.807) is 0 Å². The Hall–Kier alpha value is -2.07. The van der Waals surface area contributed by atoms with Gasteiger partial charge in [-0.1, -0.05) is 12.1 Å². The topological polar surface area (TPSA) is 57.4 Å². The molecule has 118 valence electrons. The zero-order valence-electron chi connectivity index (χ0n) is 13.3. The molecule has 0 amide bonds. The van der Waals surface area contributed by atoms with E-state index in [1.165, 1.54) is 0 Å². The van der Waals surface area contributed by atoms with Gasteiger partial charge in [0.25, 0.3) is 0 Å². The smallest absolute Gasteiger partial charge is 0.126 e. The Morgan fingerprint density at radius 2 is 1.91 bits per heavy atom. The lowest BCUT2D eigenvalue weighted by atomic mass is 9.93. The Balaban J connectivity index is 2.26. The first-order valence-corrected chi connectivity index (χ1v) is 7.78. The van der Waals surface area contributed by atoms with Crippen LogP contribution >= 0.6 is 0 Å². The minimum Gasteiger partial charge on any atom is -0.494 e. The SMILES string of the molecule is CCOc1ccc(C(CN)Cc2ccccn2)c(OCC)c1. The summed E-state index contributed by atoms with van der Waals surface area (Å²) in [6, 6.07) is 11.9. The Bertz CT molecular complexity index is 573. The molecule has 0 saturated heterocycles. The van der Waals surface area contributed by atoms with Gasteiger partial charge < -0.3 is 15.2 Å². The van der Waals surface area contributed by atoms with E-state index in [2.05, 4.69) is 11.1 Å². The molecule has 0 aliphatic carbocycles. The first-order chi connectivity index (χ1) is 10.8. The molecule has 0 spiro atoms. The number of hydrogen-bond donors (Lipinski definition) is 1. The second-order valence-electron chi connectivity index (χ2n) is 5.02. The van der Waals surface area contributed by atoms with Gasteiger partial charge in [-0.3, -0.25) is 4.98 Å². The van der Waals surface area contributed by atoms with Gasteiger partial charge in [0, 0.05) is 23.9 Å². The third-order valence-corrected chi connectivity index (χ3v) is 3.50. The van der Waals surface area contributed by atoms with Crippen LogP contribution in [-0.2, 0) is 6.42 Å². The lowest BCUT2D eigenvalue weighted by molar-refractivity contribution is 0.319. The third kappa shape index (κ3) is 4.21.